The summed E-state index contributed by atoms with van der Waals surface area (Å²) in [5.41, 5.74) is 1.18. The SMILES string of the molecule is CCc1nc(CNCCN(C)CC)cs1. The molecule has 0 aliphatic carbocycles. The molecule has 0 amide bonds. The monoisotopic (exact) mass is 227 g/mol. The molecule has 0 aliphatic heterocycles. The summed E-state index contributed by atoms with van der Waals surface area (Å²) in [6.45, 7) is 8.46. The highest BCUT2D eigenvalue weighted by molar-refractivity contribution is 7.09. The molecule has 0 aromatic carbocycles. The van der Waals surface area contributed by atoms with Crippen LogP contribution in [0.2, 0.25) is 0 Å². The zero-order chi connectivity index (χ0) is 11.1. The minimum absolute atomic E-state index is 0.897. The number of nitrogens with zero attached hydrogens (tertiary/aromatic N) is 2. The predicted molar refractivity (Wildman–Crippen MR) is 66.4 cm³/mol. The van der Waals surface area contributed by atoms with Gasteiger partial charge in [0, 0.05) is 25.0 Å². The fraction of sp³-hybridized carbons (Fsp3) is 0.727. The van der Waals surface area contributed by atoms with Crippen LogP contribution in [-0.2, 0) is 13.0 Å². The fourth-order valence-electron chi connectivity index (χ4n) is 1.24. The van der Waals surface area contributed by atoms with Crippen molar-refractivity contribution in [3.8, 4) is 0 Å². The first-order valence-corrected chi connectivity index (χ1v) is 6.46. The van der Waals surface area contributed by atoms with Crippen molar-refractivity contribution < 1.29 is 0 Å². The minimum atomic E-state index is 0.897. The van der Waals surface area contributed by atoms with Gasteiger partial charge >= 0.3 is 0 Å². The number of likely N-dealkylation sites (N-methyl/N-ethyl adjacent to an activating group) is 1. The van der Waals surface area contributed by atoms with Gasteiger partial charge in [-0.05, 0) is 20.0 Å². The third kappa shape index (κ3) is 4.73. The summed E-state index contributed by atoms with van der Waals surface area (Å²) in [7, 11) is 2.14. The van der Waals surface area contributed by atoms with E-state index in [-0.39, 0.29) is 0 Å². The first-order chi connectivity index (χ1) is 7.26. The molecule has 0 spiro atoms. The topological polar surface area (TPSA) is 28.2 Å². The van der Waals surface area contributed by atoms with Crippen LogP contribution in [0.25, 0.3) is 0 Å². The Kier molecular flexibility index (Phi) is 5.83. The second-order valence-electron chi connectivity index (χ2n) is 3.66. The highest BCUT2D eigenvalue weighted by atomic mass is 32.1. The van der Waals surface area contributed by atoms with Crippen molar-refractivity contribution in [1.29, 1.82) is 0 Å². The maximum Gasteiger partial charge on any atom is 0.0926 e. The van der Waals surface area contributed by atoms with Gasteiger partial charge in [0.25, 0.3) is 0 Å². The third-order valence-corrected chi connectivity index (χ3v) is 3.46. The Labute approximate surface area is 96.5 Å². The van der Waals surface area contributed by atoms with E-state index in [2.05, 4.69) is 41.5 Å². The largest absolute Gasteiger partial charge is 0.310 e. The van der Waals surface area contributed by atoms with Crippen LogP contribution >= 0.6 is 11.3 Å². The summed E-state index contributed by atoms with van der Waals surface area (Å²) >= 11 is 1.76. The average molecular weight is 227 g/mol. The molecule has 1 aromatic rings. The van der Waals surface area contributed by atoms with Gasteiger partial charge in [-0.2, -0.15) is 0 Å². The van der Waals surface area contributed by atoms with Crippen LogP contribution in [0.4, 0.5) is 0 Å². The lowest BCUT2D eigenvalue weighted by atomic mass is 10.4. The van der Waals surface area contributed by atoms with Crippen LogP contribution in [0.1, 0.15) is 24.5 Å². The summed E-state index contributed by atoms with van der Waals surface area (Å²) in [6, 6.07) is 0. The van der Waals surface area contributed by atoms with Gasteiger partial charge in [-0.15, -0.1) is 11.3 Å². The van der Waals surface area contributed by atoms with Gasteiger partial charge in [-0.1, -0.05) is 13.8 Å². The van der Waals surface area contributed by atoms with Crippen molar-refractivity contribution in [1.82, 2.24) is 15.2 Å². The summed E-state index contributed by atoms with van der Waals surface area (Å²) in [4.78, 5) is 6.81. The normalized spacial score (nSPS) is 11.2. The van der Waals surface area contributed by atoms with E-state index in [0.717, 1.165) is 32.6 Å². The highest BCUT2D eigenvalue weighted by Gasteiger charge is 1.99. The van der Waals surface area contributed by atoms with Crippen molar-refractivity contribution in [2.75, 3.05) is 26.7 Å². The van der Waals surface area contributed by atoms with E-state index in [1.54, 1.807) is 11.3 Å². The minimum Gasteiger partial charge on any atom is -0.310 e. The van der Waals surface area contributed by atoms with E-state index < -0.39 is 0 Å². The van der Waals surface area contributed by atoms with Crippen LogP contribution < -0.4 is 5.32 Å². The summed E-state index contributed by atoms with van der Waals surface area (Å²) < 4.78 is 0. The van der Waals surface area contributed by atoms with Crippen LogP contribution in [0.15, 0.2) is 5.38 Å². The Bertz CT molecular complexity index is 273. The summed E-state index contributed by atoms with van der Waals surface area (Å²) in [6.07, 6.45) is 1.04. The molecule has 3 nitrogen and oxygen atoms in total. The van der Waals surface area contributed by atoms with Crippen molar-refractivity contribution >= 4 is 11.3 Å². The molecule has 0 bridgehead atoms. The van der Waals surface area contributed by atoms with Crippen molar-refractivity contribution in [2.45, 2.75) is 26.8 Å². The molecule has 4 heteroatoms. The molecule has 0 atom stereocenters. The smallest absolute Gasteiger partial charge is 0.0926 e. The molecule has 0 unspecified atom stereocenters. The van der Waals surface area contributed by atoms with Crippen LogP contribution in [0, 0.1) is 0 Å². The molecular weight excluding hydrogens is 206 g/mol. The molecule has 1 N–H and O–H groups in total. The molecule has 0 fully saturated rings. The molecule has 15 heavy (non-hydrogen) atoms. The maximum absolute atomic E-state index is 4.51. The van der Waals surface area contributed by atoms with Crippen molar-refractivity contribution in [3.63, 3.8) is 0 Å². The Morgan fingerprint density at radius 1 is 1.47 bits per heavy atom. The number of thiazole rings is 1. The van der Waals surface area contributed by atoms with Crippen molar-refractivity contribution in [2.24, 2.45) is 0 Å². The number of hydrogen-bond acceptors (Lipinski definition) is 4. The predicted octanol–water partition coefficient (Wildman–Crippen LogP) is 1.75. The van der Waals surface area contributed by atoms with Crippen molar-refractivity contribution in [3.05, 3.63) is 16.1 Å². The van der Waals surface area contributed by atoms with Gasteiger partial charge in [0.05, 0.1) is 10.7 Å². The van der Waals surface area contributed by atoms with E-state index in [1.807, 2.05) is 0 Å². The zero-order valence-corrected chi connectivity index (χ0v) is 10.7. The highest BCUT2D eigenvalue weighted by Crippen LogP contribution is 2.09. The lowest BCUT2D eigenvalue weighted by molar-refractivity contribution is 0.348. The molecule has 1 heterocycles. The molecule has 0 radical (unpaired) electrons. The molecule has 1 rings (SSSR count). The van der Waals surface area contributed by atoms with Gasteiger partial charge in [-0.25, -0.2) is 4.98 Å². The molecular formula is C11H21N3S. The molecule has 0 saturated carbocycles. The number of nitrogens with one attached hydrogen (secondary N) is 1. The molecule has 1 aromatic heterocycles. The number of rotatable bonds is 7. The van der Waals surface area contributed by atoms with Crippen LogP contribution in [-0.4, -0.2) is 36.6 Å². The number of aryl methyl sites for hydroxylation is 1. The summed E-state index contributed by atoms with van der Waals surface area (Å²) in [5, 5.41) is 6.79. The Hall–Kier alpha value is -0.450. The Balaban J connectivity index is 2.14. The third-order valence-electron chi connectivity index (χ3n) is 2.42. The average Bonchev–Trinajstić information content (AvgIpc) is 2.72. The van der Waals surface area contributed by atoms with E-state index in [0.29, 0.717) is 0 Å². The van der Waals surface area contributed by atoms with E-state index in [9.17, 15) is 0 Å². The quantitative estimate of drug-likeness (QED) is 0.719. The van der Waals surface area contributed by atoms with Gasteiger partial charge < -0.3 is 10.2 Å². The fourth-order valence-corrected chi connectivity index (χ4v) is 1.98. The summed E-state index contributed by atoms with van der Waals surface area (Å²) in [5.74, 6) is 0. The second kappa shape index (κ2) is 6.93. The van der Waals surface area contributed by atoms with Gasteiger partial charge in [0.1, 0.15) is 0 Å². The first-order valence-electron chi connectivity index (χ1n) is 5.58. The van der Waals surface area contributed by atoms with E-state index in [4.69, 9.17) is 0 Å². The Morgan fingerprint density at radius 2 is 2.27 bits per heavy atom. The van der Waals surface area contributed by atoms with Crippen LogP contribution in [0.5, 0.6) is 0 Å². The molecule has 0 aliphatic rings. The van der Waals surface area contributed by atoms with Gasteiger partial charge in [-0.3, -0.25) is 0 Å². The van der Waals surface area contributed by atoms with E-state index in [1.165, 1.54) is 10.7 Å². The first kappa shape index (κ1) is 12.6. The standard InChI is InChI=1S/C11H21N3S/c1-4-11-13-10(9-15-11)8-12-6-7-14(3)5-2/h9,12H,4-8H2,1-3H3. The lowest BCUT2D eigenvalue weighted by Gasteiger charge is -2.13. The second-order valence-corrected chi connectivity index (χ2v) is 4.60. The maximum atomic E-state index is 4.51. The zero-order valence-electron chi connectivity index (χ0n) is 9.92. The van der Waals surface area contributed by atoms with E-state index >= 15 is 0 Å². The number of hydrogen-bond donors (Lipinski definition) is 1. The van der Waals surface area contributed by atoms with Crippen LogP contribution in [0.3, 0.4) is 0 Å². The van der Waals surface area contributed by atoms with Gasteiger partial charge in [0.2, 0.25) is 0 Å². The molecule has 86 valence electrons. The number of aromatic nitrogens is 1. The Morgan fingerprint density at radius 3 is 2.87 bits per heavy atom. The lowest BCUT2D eigenvalue weighted by Crippen LogP contribution is -2.28. The molecule has 0 saturated heterocycles. The van der Waals surface area contributed by atoms with Gasteiger partial charge in [0.15, 0.2) is 0 Å².